The fourth-order valence-corrected chi connectivity index (χ4v) is 2.86. The van der Waals surface area contributed by atoms with Crippen LogP contribution >= 0.6 is 0 Å². The van der Waals surface area contributed by atoms with Crippen LogP contribution in [0.4, 0.5) is 8.78 Å². The smallest absolute Gasteiger partial charge is 0.339 e. The van der Waals surface area contributed by atoms with E-state index in [0.717, 1.165) is 12.1 Å². The fourth-order valence-electron chi connectivity index (χ4n) is 2.86. The van der Waals surface area contributed by atoms with Gasteiger partial charge in [-0.2, -0.15) is 5.10 Å². The van der Waals surface area contributed by atoms with Crippen LogP contribution in [-0.2, 0) is 0 Å². The molecule has 2 aromatic heterocycles. The van der Waals surface area contributed by atoms with E-state index in [2.05, 4.69) is 10.1 Å². The number of hydrogen-bond acceptors (Lipinski definition) is 3. The topological polar surface area (TPSA) is 67.5 Å². The molecule has 2 heterocycles. The van der Waals surface area contributed by atoms with E-state index < -0.39 is 17.6 Å². The lowest BCUT2D eigenvalue weighted by Crippen LogP contribution is -2.12. The second-order valence-corrected chi connectivity index (χ2v) is 5.81. The Morgan fingerprint density at radius 1 is 1.21 bits per heavy atom. The molecule has 7 heteroatoms. The molecule has 0 unspecified atom stereocenters. The summed E-state index contributed by atoms with van der Waals surface area (Å²) in [5, 5.41) is 13.6. The van der Waals surface area contributed by atoms with Gasteiger partial charge in [-0.1, -0.05) is 19.9 Å². The zero-order valence-electron chi connectivity index (χ0n) is 13.3. The van der Waals surface area contributed by atoms with Crippen molar-refractivity contribution >= 4 is 11.6 Å². The first-order valence-corrected chi connectivity index (χ1v) is 7.38. The Kier molecular flexibility index (Phi) is 3.79. The number of aromatic nitrogens is 3. The van der Waals surface area contributed by atoms with E-state index in [4.69, 9.17) is 0 Å². The van der Waals surface area contributed by atoms with Crippen LogP contribution in [0.2, 0.25) is 0 Å². The summed E-state index contributed by atoms with van der Waals surface area (Å²) in [6, 6.07) is 3.61. The van der Waals surface area contributed by atoms with Gasteiger partial charge in [-0.3, -0.25) is 0 Å². The van der Waals surface area contributed by atoms with Crippen LogP contribution < -0.4 is 0 Å². The Morgan fingerprint density at radius 3 is 2.38 bits per heavy atom. The largest absolute Gasteiger partial charge is 0.478 e. The van der Waals surface area contributed by atoms with Gasteiger partial charge < -0.3 is 5.11 Å². The molecule has 0 fully saturated rings. The van der Waals surface area contributed by atoms with Crippen molar-refractivity contribution in [2.24, 2.45) is 0 Å². The fraction of sp³-hybridized carbons (Fsp3) is 0.235. The summed E-state index contributed by atoms with van der Waals surface area (Å²) in [5.74, 6) is -2.73. The molecule has 0 saturated heterocycles. The second kappa shape index (κ2) is 5.67. The normalized spacial score (nSPS) is 11.4. The van der Waals surface area contributed by atoms with Crippen LogP contribution in [0.15, 0.2) is 24.4 Å². The summed E-state index contributed by atoms with van der Waals surface area (Å²) in [6.07, 6.45) is 1.20. The number of fused-ring (bicyclic) bond motifs is 1. The number of rotatable bonds is 3. The molecular weight excluding hydrogens is 316 g/mol. The summed E-state index contributed by atoms with van der Waals surface area (Å²) < 4.78 is 29.7. The first kappa shape index (κ1) is 16.0. The minimum Gasteiger partial charge on any atom is -0.478 e. The van der Waals surface area contributed by atoms with Crippen LogP contribution in [0.5, 0.6) is 0 Å². The lowest BCUT2D eigenvalue weighted by molar-refractivity contribution is 0.0693. The number of benzene rings is 1. The zero-order chi connectivity index (χ0) is 17.6. The van der Waals surface area contributed by atoms with Crippen molar-refractivity contribution in [3.05, 3.63) is 53.0 Å². The van der Waals surface area contributed by atoms with E-state index in [-0.39, 0.29) is 28.3 Å². The van der Waals surface area contributed by atoms with E-state index in [9.17, 15) is 18.7 Å². The van der Waals surface area contributed by atoms with Gasteiger partial charge in [0, 0.05) is 6.20 Å². The molecule has 3 rings (SSSR count). The first-order valence-electron chi connectivity index (χ1n) is 7.38. The molecule has 5 nitrogen and oxygen atoms in total. The highest BCUT2D eigenvalue weighted by atomic mass is 19.1. The maximum atomic E-state index is 14.2. The Labute approximate surface area is 136 Å². The molecule has 3 aromatic rings. The standard InChI is InChI=1S/C17H15F2N3O2/c1-8(2)15-10(17(23)24)7-20-16-13(9(3)21-22(15)16)14-11(18)5-4-6-12(14)19/h4-8H,1-3H3,(H,23,24). The number of carboxylic acids is 1. The van der Waals surface area contributed by atoms with Crippen molar-refractivity contribution < 1.29 is 18.7 Å². The van der Waals surface area contributed by atoms with Gasteiger partial charge in [-0.05, 0) is 25.0 Å². The molecule has 0 aliphatic carbocycles. The molecule has 1 N–H and O–H groups in total. The van der Waals surface area contributed by atoms with E-state index in [1.54, 1.807) is 6.92 Å². The van der Waals surface area contributed by atoms with E-state index in [0.29, 0.717) is 11.4 Å². The van der Waals surface area contributed by atoms with Crippen molar-refractivity contribution in [1.29, 1.82) is 0 Å². The van der Waals surface area contributed by atoms with Gasteiger partial charge in [0.1, 0.15) is 11.6 Å². The predicted molar refractivity (Wildman–Crippen MR) is 84.1 cm³/mol. The van der Waals surface area contributed by atoms with Gasteiger partial charge in [-0.25, -0.2) is 23.1 Å². The lowest BCUT2D eigenvalue weighted by Gasteiger charge is -2.11. The maximum Gasteiger partial charge on any atom is 0.339 e. The monoisotopic (exact) mass is 331 g/mol. The van der Waals surface area contributed by atoms with Gasteiger partial charge in [0.15, 0.2) is 5.65 Å². The van der Waals surface area contributed by atoms with Crippen LogP contribution in [-0.4, -0.2) is 25.7 Å². The Morgan fingerprint density at radius 2 is 1.83 bits per heavy atom. The molecule has 0 spiro atoms. The molecule has 0 saturated carbocycles. The van der Waals surface area contributed by atoms with Crippen molar-refractivity contribution in [2.45, 2.75) is 26.7 Å². The summed E-state index contributed by atoms with van der Waals surface area (Å²) in [6.45, 7) is 5.25. The average Bonchev–Trinajstić information content (AvgIpc) is 2.82. The maximum absolute atomic E-state index is 14.2. The highest BCUT2D eigenvalue weighted by molar-refractivity contribution is 5.90. The van der Waals surface area contributed by atoms with Crippen molar-refractivity contribution in [2.75, 3.05) is 0 Å². The minimum atomic E-state index is -1.13. The minimum absolute atomic E-state index is 0.0144. The number of carbonyl (C=O) groups is 1. The van der Waals surface area contributed by atoms with Crippen molar-refractivity contribution in [3.63, 3.8) is 0 Å². The summed E-state index contributed by atoms with van der Waals surface area (Å²) in [5.41, 5.74) is 1.06. The third kappa shape index (κ3) is 2.33. The van der Waals surface area contributed by atoms with Crippen molar-refractivity contribution in [1.82, 2.24) is 14.6 Å². The predicted octanol–water partition coefficient (Wildman–Crippen LogP) is 3.80. The highest BCUT2D eigenvalue weighted by Gasteiger charge is 2.25. The number of aromatic carboxylic acids is 1. The molecule has 24 heavy (non-hydrogen) atoms. The molecule has 0 aliphatic rings. The van der Waals surface area contributed by atoms with Crippen molar-refractivity contribution in [3.8, 4) is 11.1 Å². The van der Waals surface area contributed by atoms with E-state index in [1.807, 2.05) is 13.8 Å². The van der Waals surface area contributed by atoms with Gasteiger partial charge in [0.2, 0.25) is 0 Å². The quantitative estimate of drug-likeness (QED) is 0.792. The number of aryl methyl sites for hydroxylation is 1. The molecule has 0 radical (unpaired) electrons. The summed E-state index contributed by atoms with van der Waals surface area (Å²) in [4.78, 5) is 15.5. The van der Waals surface area contributed by atoms with Crippen LogP contribution in [0.1, 0.15) is 41.5 Å². The van der Waals surface area contributed by atoms with E-state index in [1.165, 1.54) is 16.8 Å². The molecule has 0 aliphatic heterocycles. The van der Waals surface area contributed by atoms with Gasteiger partial charge in [0.05, 0.1) is 28.1 Å². The molecule has 124 valence electrons. The highest BCUT2D eigenvalue weighted by Crippen LogP contribution is 2.33. The lowest BCUT2D eigenvalue weighted by atomic mass is 10.0. The first-order chi connectivity index (χ1) is 11.3. The summed E-state index contributed by atoms with van der Waals surface area (Å²) in [7, 11) is 0. The van der Waals surface area contributed by atoms with Crippen LogP contribution in [0.3, 0.4) is 0 Å². The molecule has 0 bridgehead atoms. The number of hydrogen-bond donors (Lipinski definition) is 1. The third-order valence-electron chi connectivity index (χ3n) is 3.85. The van der Waals surface area contributed by atoms with Crippen LogP contribution in [0.25, 0.3) is 16.8 Å². The second-order valence-electron chi connectivity index (χ2n) is 5.81. The summed E-state index contributed by atoms with van der Waals surface area (Å²) >= 11 is 0. The van der Waals surface area contributed by atoms with Crippen LogP contribution in [0, 0.1) is 18.6 Å². The Bertz CT molecular complexity index is 944. The third-order valence-corrected chi connectivity index (χ3v) is 3.85. The number of nitrogens with zero attached hydrogens (tertiary/aromatic N) is 3. The average molecular weight is 331 g/mol. The molecule has 0 atom stereocenters. The SMILES string of the molecule is Cc1nn2c(C(C)C)c(C(=O)O)cnc2c1-c1c(F)cccc1F. The Hall–Kier alpha value is -2.83. The van der Waals surface area contributed by atoms with Gasteiger partial charge in [-0.15, -0.1) is 0 Å². The molecule has 0 amide bonds. The Balaban J connectivity index is 2.43. The van der Waals surface area contributed by atoms with Gasteiger partial charge in [0.25, 0.3) is 0 Å². The van der Waals surface area contributed by atoms with Gasteiger partial charge >= 0.3 is 5.97 Å². The molecule has 1 aromatic carbocycles. The number of halogens is 2. The number of carboxylic acid groups (broad SMARTS) is 1. The zero-order valence-corrected chi connectivity index (χ0v) is 13.3. The molecular formula is C17H15F2N3O2. The van der Waals surface area contributed by atoms with E-state index >= 15 is 0 Å².